The highest BCUT2D eigenvalue weighted by Crippen LogP contribution is 2.26. The van der Waals surface area contributed by atoms with Gasteiger partial charge in [-0.25, -0.2) is 4.18 Å². The van der Waals surface area contributed by atoms with Crippen LogP contribution in [0, 0.1) is 0 Å². The Morgan fingerprint density at radius 3 is 1.92 bits per heavy atom. The van der Waals surface area contributed by atoms with E-state index in [4.69, 9.17) is 14.0 Å². The molecule has 0 radical (unpaired) electrons. The van der Waals surface area contributed by atoms with E-state index in [9.17, 15) is 38.7 Å². The van der Waals surface area contributed by atoms with Gasteiger partial charge in [-0.3, -0.25) is 9.35 Å². The van der Waals surface area contributed by atoms with Crippen LogP contribution in [0.2, 0.25) is 0 Å². The zero-order chi connectivity index (χ0) is 36.5. The lowest BCUT2D eigenvalue weighted by Crippen LogP contribution is -2.61. The monoisotopic (exact) mass is 721 g/mol. The largest absolute Gasteiger partial charge is 0.397 e. The number of hydrogen-bond acceptors (Lipinski definition) is 11. The Balaban J connectivity index is 2.81. The minimum Gasteiger partial charge on any atom is -0.394 e. The van der Waals surface area contributed by atoms with Gasteiger partial charge in [-0.05, 0) is 38.5 Å². The Bertz CT molecular complexity index is 1050. The van der Waals surface area contributed by atoms with Crippen LogP contribution in [0.25, 0.3) is 0 Å². The number of carbonyl (C=O) groups is 1. The van der Waals surface area contributed by atoms with E-state index in [-0.39, 0.29) is 6.42 Å². The minimum atomic E-state index is -5.11. The van der Waals surface area contributed by atoms with Gasteiger partial charge in [-0.1, -0.05) is 115 Å². The first-order valence-corrected chi connectivity index (χ1v) is 19.3. The first-order chi connectivity index (χ1) is 23.4. The third kappa shape index (κ3) is 20.7. The van der Waals surface area contributed by atoms with Crippen molar-refractivity contribution in [3.8, 4) is 0 Å². The molecule has 0 bridgehead atoms. The molecule has 0 aromatic heterocycles. The lowest BCUT2D eigenvalue weighted by Gasteiger charge is -2.41. The highest BCUT2D eigenvalue weighted by Gasteiger charge is 2.48. The molecule has 1 fully saturated rings. The van der Waals surface area contributed by atoms with Crippen molar-refractivity contribution in [2.45, 2.75) is 166 Å². The molecule has 0 aromatic rings. The zero-order valence-electron chi connectivity index (χ0n) is 29.4. The number of aliphatic hydroxyl groups excluding tert-OH is 5. The molecule has 49 heavy (non-hydrogen) atoms. The van der Waals surface area contributed by atoms with Crippen LogP contribution in [0.5, 0.6) is 0 Å². The van der Waals surface area contributed by atoms with E-state index in [1.54, 1.807) is 6.08 Å². The lowest BCUT2D eigenvalue weighted by atomic mass is 9.99. The van der Waals surface area contributed by atoms with Gasteiger partial charge in [-0.2, -0.15) is 8.42 Å². The summed E-state index contributed by atoms with van der Waals surface area (Å²) in [5, 5.41) is 54.6. The third-order valence-electron chi connectivity index (χ3n) is 8.24. The maximum absolute atomic E-state index is 12.9. The normalized spacial score (nSPS) is 23.8. The van der Waals surface area contributed by atoms with Crippen LogP contribution in [0.4, 0.5) is 0 Å². The second kappa shape index (κ2) is 27.0. The van der Waals surface area contributed by atoms with Crippen LogP contribution >= 0.6 is 0 Å². The molecule has 286 valence electrons. The van der Waals surface area contributed by atoms with Crippen molar-refractivity contribution in [2.75, 3.05) is 13.2 Å². The number of unbranched alkanes of at least 4 members (excludes halogenated alkanes) is 11. The molecule has 1 rings (SSSR count). The van der Waals surface area contributed by atoms with Crippen molar-refractivity contribution in [1.82, 2.24) is 5.32 Å². The van der Waals surface area contributed by atoms with Gasteiger partial charge in [0, 0.05) is 0 Å². The van der Waals surface area contributed by atoms with Crippen molar-refractivity contribution in [3.63, 3.8) is 0 Å². The van der Waals surface area contributed by atoms with Gasteiger partial charge in [-0.15, -0.1) is 0 Å². The maximum atomic E-state index is 12.9. The summed E-state index contributed by atoms with van der Waals surface area (Å²) in [6, 6.07) is -1.14. The molecule has 0 aliphatic carbocycles. The fraction of sp³-hybridized carbons (Fsp3) is 0.800. The lowest BCUT2D eigenvalue weighted by molar-refractivity contribution is -0.298. The van der Waals surface area contributed by atoms with Gasteiger partial charge in [0.1, 0.15) is 30.5 Å². The molecule has 1 amide bonds. The van der Waals surface area contributed by atoms with Crippen LogP contribution in [0.1, 0.15) is 117 Å². The quantitative estimate of drug-likeness (QED) is 0.0350. The summed E-state index contributed by atoms with van der Waals surface area (Å²) in [7, 11) is -5.11. The molecule has 1 aliphatic rings. The molecule has 8 unspecified atom stereocenters. The number of rotatable bonds is 28. The standard InChI is InChI=1S/C35H63NO12S/c1-3-5-7-9-11-13-14-16-17-19-21-23-28(38)27(36-34(42)29(39)24-22-20-18-15-12-10-8-6-4-2)26-46-35-32(41)33(48-49(43,44)45)31(40)30(25-37)47-35/h7,9,14,16,21,23,27-33,35,37-41H,3-6,8,10-13,15,17-20,22,24-26H2,1-2H3,(H,36,42)(H,43,44,45)/b9-7+,16-14+,23-21+. The van der Waals surface area contributed by atoms with Gasteiger partial charge < -0.3 is 40.3 Å². The third-order valence-corrected chi connectivity index (χ3v) is 8.71. The maximum Gasteiger partial charge on any atom is 0.397 e. The summed E-state index contributed by atoms with van der Waals surface area (Å²) in [5.74, 6) is -0.724. The number of carbonyl (C=O) groups excluding carboxylic acids is 1. The second-order valence-corrected chi connectivity index (χ2v) is 13.6. The van der Waals surface area contributed by atoms with Crippen LogP contribution in [-0.4, -0.2) is 107 Å². The van der Waals surface area contributed by atoms with E-state index in [2.05, 4.69) is 47.7 Å². The van der Waals surface area contributed by atoms with Crippen LogP contribution in [0.3, 0.4) is 0 Å². The average Bonchev–Trinajstić information content (AvgIpc) is 3.06. The predicted molar refractivity (Wildman–Crippen MR) is 187 cm³/mol. The molecule has 7 N–H and O–H groups in total. The van der Waals surface area contributed by atoms with Crippen molar-refractivity contribution in [1.29, 1.82) is 0 Å². The summed E-state index contributed by atoms with van der Waals surface area (Å²) < 4.78 is 47.1. The number of ether oxygens (including phenoxy) is 2. The first-order valence-electron chi connectivity index (χ1n) is 18.0. The molecule has 14 heteroatoms. The van der Waals surface area contributed by atoms with Gasteiger partial charge in [0.05, 0.1) is 25.4 Å². The Morgan fingerprint density at radius 2 is 1.37 bits per heavy atom. The molecule has 1 aliphatic heterocycles. The molecular formula is C35H63NO12S. The summed E-state index contributed by atoms with van der Waals surface area (Å²) in [6.45, 7) is 3.02. The molecule has 0 saturated carbocycles. The molecular weight excluding hydrogens is 658 g/mol. The Hall–Kier alpha value is -1.72. The molecule has 1 saturated heterocycles. The van der Waals surface area contributed by atoms with Gasteiger partial charge in [0.15, 0.2) is 6.29 Å². The van der Waals surface area contributed by atoms with Gasteiger partial charge >= 0.3 is 10.4 Å². The molecule has 0 spiro atoms. The Labute approximate surface area is 293 Å². The van der Waals surface area contributed by atoms with Crippen molar-refractivity contribution in [3.05, 3.63) is 36.5 Å². The van der Waals surface area contributed by atoms with Gasteiger partial charge in [0.25, 0.3) is 0 Å². The number of amides is 1. The summed E-state index contributed by atoms with van der Waals surface area (Å²) >= 11 is 0. The Kier molecular flexibility index (Phi) is 25.0. The highest BCUT2D eigenvalue weighted by atomic mass is 32.3. The number of hydrogen-bond donors (Lipinski definition) is 7. The van der Waals surface area contributed by atoms with Crippen LogP contribution in [-0.2, 0) is 28.9 Å². The number of nitrogens with one attached hydrogen (secondary N) is 1. The molecule has 1 heterocycles. The smallest absolute Gasteiger partial charge is 0.394 e. The molecule has 13 nitrogen and oxygen atoms in total. The second-order valence-electron chi connectivity index (χ2n) is 12.6. The molecule has 0 aromatic carbocycles. The van der Waals surface area contributed by atoms with E-state index in [0.29, 0.717) is 12.8 Å². The number of allylic oxidation sites excluding steroid dienone is 5. The SMILES string of the molecule is CCC/C=C/CC/C=C/CC/C=C/C(O)C(COC1OC(CO)C(O)C(OS(=O)(=O)O)C1O)NC(=O)C(O)CCCCCCCCCCC. The van der Waals surface area contributed by atoms with Crippen LogP contribution in [0.15, 0.2) is 36.5 Å². The fourth-order valence-corrected chi connectivity index (χ4v) is 5.83. The summed E-state index contributed by atoms with van der Waals surface area (Å²) in [4.78, 5) is 12.9. The highest BCUT2D eigenvalue weighted by molar-refractivity contribution is 7.80. The fourth-order valence-electron chi connectivity index (χ4n) is 5.32. The van der Waals surface area contributed by atoms with Crippen molar-refractivity contribution in [2.24, 2.45) is 0 Å². The predicted octanol–water partition coefficient (Wildman–Crippen LogP) is 3.79. The van der Waals surface area contributed by atoms with Crippen LogP contribution < -0.4 is 5.32 Å². The van der Waals surface area contributed by atoms with E-state index in [1.165, 1.54) is 38.2 Å². The van der Waals surface area contributed by atoms with E-state index in [1.807, 2.05) is 0 Å². The minimum absolute atomic E-state index is 0.233. The number of aliphatic hydroxyl groups is 5. The first kappa shape index (κ1) is 45.3. The van der Waals surface area contributed by atoms with Gasteiger partial charge in [0.2, 0.25) is 5.91 Å². The summed E-state index contributed by atoms with van der Waals surface area (Å²) in [5.41, 5.74) is 0. The zero-order valence-corrected chi connectivity index (χ0v) is 30.2. The van der Waals surface area contributed by atoms with E-state index >= 15 is 0 Å². The van der Waals surface area contributed by atoms with E-state index in [0.717, 1.165) is 51.4 Å². The van der Waals surface area contributed by atoms with Crippen molar-refractivity contribution < 1.29 is 57.0 Å². The van der Waals surface area contributed by atoms with Crippen molar-refractivity contribution >= 4 is 16.3 Å². The summed E-state index contributed by atoms with van der Waals surface area (Å²) in [6.07, 6.45) is 15.6. The topological polar surface area (TPSA) is 212 Å². The Morgan fingerprint density at radius 1 is 0.816 bits per heavy atom. The van der Waals surface area contributed by atoms with E-state index < -0.39 is 78.5 Å². The molecule has 8 atom stereocenters. The average molecular weight is 722 g/mol.